The van der Waals surface area contributed by atoms with Crippen molar-refractivity contribution in [1.82, 2.24) is 10.6 Å². The molecule has 0 saturated carbocycles. The standard InChI is InChI=1S/C15H23FN2O2/c1-4-11(3)18-15(19)10-20-14-7-6-13(16)8-12(14)9-17-5-2/h6-8,11,17H,4-5,9-10H2,1-3H3,(H,18,19). The van der Waals surface area contributed by atoms with Crippen molar-refractivity contribution in [3.8, 4) is 5.75 Å². The maximum atomic E-state index is 13.2. The van der Waals surface area contributed by atoms with Crippen molar-refractivity contribution in [3.63, 3.8) is 0 Å². The van der Waals surface area contributed by atoms with E-state index in [2.05, 4.69) is 10.6 Å². The lowest BCUT2D eigenvalue weighted by Crippen LogP contribution is -2.35. The maximum absolute atomic E-state index is 13.2. The molecule has 0 bridgehead atoms. The molecule has 0 aliphatic heterocycles. The number of benzene rings is 1. The van der Waals surface area contributed by atoms with E-state index in [0.29, 0.717) is 17.9 Å². The second-order valence-electron chi connectivity index (χ2n) is 4.70. The van der Waals surface area contributed by atoms with E-state index in [1.807, 2.05) is 20.8 Å². The van der Waals surface area contributed by atoms with Gasteiger partial charge in [0.2, 0.25) is 0 Å². The summed E-state index contributed by atoms with van der Waals surface area (Å²) < 4.78 is 18.7. The number of amides is 1. The van der Waals surface area contributed by atoms with Crippen LogP contribution in [-0.2, 0) is 11.3 Å². The maximum Gasteiger partial charge on any atom is 0.258 e. The Morgan fingerprint density at radius 2 is 2.15 bits per heavy atom. The topological polar surface area (TPSA) is 50.4 Å². The third kappa shape index (κ3) is 5.57. The van der Waals surface area contributed by atoms with Gasteiger partial charge in [0.1, 0.15) is 11.6 Å². The number of hydrogen-bond acceptors (Lipinski definition) is 3. The average Bonchev–Trinajstić information content (AvgIpc) is 2.43. The summed E-state index contributed by atoms with van der Waals surface area (Å²) in [5, 5.41) is 5.93. The van der Waals surface area contributed by atoms with Crippen molar-refractivity contribution in [2.45, 2.75) is 39.8 Å². The van der Waals surface area contributed by atoms with E-state index < -0.39 is 0 Å². The largest absolute Gasteiger partial charge is 0.483 e. The van der Waals surface area contributed by atoms with Crippen LogP contribution in [0, 0.1) is 5.82 Å². The molecule has 4 nitrogen and oxygen atoms in total. The summed E-state index contributed by atoms with van der Waals surface area (Å²) in [7, 11) is 0. The summed E-state index contributed by atoms with van der Waals surface area (Å²) in [6.07, 6.45) is 0.869. The molecule has 0 fully saturated rings. The minimum absolute atomic E-state index is 0.0604. The van der Waals surface area contributed by atoms with Crippen LogP contribution in [0.3, 0.4) is 0 Å². The Kier molecular flexibility index (Phi) is 7.01. The van der Waals surface area contributed by atoms with Crippen LogP contribution < -0.4 is 15.4 Å². The van der Waals surface area contributed by atoms with Crippen LogP contribution in [-0.4, -0.2) is 25.1 Å². The Labute approximate surface area is 119 Å². The molecule has 0 saturated heterocycles. The first-order valence-corrected chi connectivity index (χ1v) is 6.98. The zero-order chi connectivity index (χ0) is 15.0. The van der Waals surface area contributed by atoms with E-state index in [4.69, 9.17) is 4.74 Å². The molecule has 5 heteroatoms. The van der Waals surface area contributed by atoms with Gasteiger partial charge in [-0.2, -0.15) is 0 Å². The van der Waals surface area contributed by atoms with E-state index in [9.17, 15) is 9.18 Å². The fourth-order valence-electron chi connectivity index (χ4n) is 1.65. The highest BCUT2D eigenvalue weighted by atomic mass is 19.1. The summed E-state index contributed by atoms with van der Waals surface area (Å²) in [5.74, 6) is 0.0547. The minimum atomic E-state index is -0.311. The third-order valence-electron chi connectivity index (χ3n) is 2.97. The predicted molar refractivity (Wildman–Crippen MR) is 77.2 cm³/mol. The first kappa shape index (κ1) is 16.4. The number of carbonyl (C=O) groups excluding carboxylic acids is 1. The van der Waals surface area contributed by atoms with E-state index in [-0.39, 0.29) is 24.4 Å². The Hall–Kier alpha value is -1.62. The second kappa shape index (κ2) is 8.53. The van der Waals surface area contributed by atoms with E-state index in [0.717, 1.165) is 13.0 Å². The Balaban J connectivity index is 2.60. The number of carbonyl (C=O) groups is 1. The van der Waals surface area contributed by atoms with Crippen molar-refractivity contribution >= 4 is 5.91 Å². The van der Waals surface area contributed by atoms with Crippen LogP contribution in [0.15, 0.2) is 18.2 Å². The van der Waals surface area contributed by atoms with E-state index in [1.54, 1.807) is 6.07 Å². The van der Waals surface area contributed by atoms with Crippen LogP contribution in [0.4, 0.5) is 4.39 Å². The molecule has 112 valence electrons. The number of rotatable bonds is 8. The SMILES string of the molecule is CCNCc1cc(F)ccc1OCC(=O)NC(C)CC. The summed E-state index contributed by atoms with van der Waals surface area (Å²) in [6, 6.07) is 4.43. The number of hydrogen-bond donors (Lipinski definition) is 2. The highest BCUT2D eigenvalue weighted by molar-refractivity contribution is 5.77. The zero-order valence-corrected chi connectivity index (χ0v) is 12.3. The van der Waals surface area contributed by atoms with Gasteiger partial charge in [0, 0.05) is 18.2 Å². The smallest absolute Gasteiger partial charge is 0.258 e. The molecule has 0 aliphatic carbocycles. The highest BCUT2D eigenvalue weighted by Gasteiger charge is 2.09. The van der Waals surface area contributed by atoms with Gasteiger partial charge in [0.25, 0.3) is 5.91 Å². The normalized spacial score (nSPS) is 12.0. The molecule has 0 aromatic heterocycles. The zero-order valence-electron chi connectivity index (χ0n) is 12.3. The van der Waals surface area contributed by atoms with Gasteiger partial charge in [0.15, 0.2) is 6.61 Å². The molecule has 0 spiro atoms. The molecular weight excluding hydrogens is 259 g/mol. The van der Waals surface area contributed by atoms with Crippen molar-refractivity contribution in [1.29, 1.82) is 0 Å². The second-order valence-corrected chi connectivity index (χ2v) is 4.70. The molecule has 20 heavy (non-hydrogen) atoms. The number of halogens is 1. The molecule has 1 unspecified atom stereocenters. The van der Waals surface area contributed by atoms with Gasteiger partial charge < -0.3 is 15.4 Å². The fourth-order valence-corrected chi connectivity index (χ4v) is 1.65. The van der Waals surface area contributed by atoms with Gasteiger partial charge in [-0.15, -0.1) is 0 Å². The van der Waals surface area contributed by atoms with Crippen molar-refractivity contribution in [2.24, 2.45) is 0 Å². The molecule has 2 N–H and O–H groups in total. The Morgan fingerprint density at radius 1 is 1.40 bits per heavy atom. The molecule has 1 amide bonds. The van der Waals surface area contributed by atoms with Gasteiger partial charge in [-0.1, -0.05) is 13.8 Å². The van der Waals surface area contributed by atoms with Gasteiger partial charge in [-0.25, -0.2) is 4.39 Å². The van der Waals surface area contributed by atoms with Crippen molar-refractivity contribution in [2.75, 3.05) is 13.2 Å². The van der Waals surface area contributed by atoms with Crippen LogP contribution in [0.25, 0.3) is 0 Å². The predicted octanol–water partition coefficient (Wildman–Crippen LogP) is 2.23. The Morgan fingerprint density at radius 3 is 2.80 bits per heavy atom. The van der Waals surface area contributed by atoms with E-state index in [1.165, 1.54) is 12.1 Å². The monoisotopic (exact) mass is 282 g/mol. The first-order chi connectivity index (χ1) is 9.56. The van der Waals surface area contributed by atoms with Gasteiger partial charge in [0.05, 0.1) is 0 Å². The van der Waals surface area contributed by atoms with Gasteiger partial charge in [-0.3, -0.25) is 4.79 Å². The van der Waals surface area contributed by atoms with Crippen molar-refractivity contribution < 1.29 is 13.9 Å². The summed E-state index contributed by atoms with van der Waals surface area (Å²) in [5.41, 5.74) is 0.711. The molecule has 1 aromatic carbocycles. The molecule has 1 rings (SSSR count). The summed E-state index contributed by atoms with van der Waals surface area (Å²) in [6.45, 7) is 7.14. The summed E-state index contributed by atoms with van der Waals surface area (Å²) >= 11 is 0. The van der Waals surface area contributed by atoms with E-state index >= 15 is 0 Å². The number of nitrogens with one attached hydrogen (secondary N) is 2. The molecular formula is C15H23FN2O2. The lowest BCUT2D eigenvalue weighted by Gasteiger charge is -2.14. The highest BCUT2D eigenvalue weighted by Crippen LogP contribution is 2.19. The first-order valence-electron chi connectivity index (χ1n) is 6.98. The average molecular weight is 282 g/mol. The lowest BCUT2D eigenvalue weighted by molar-refractivity contribution is -0.123. The molecule has 0 radical (unpaired) electrons. The van der Waals surface area contributed by atoms with Gasteiger partial charge >= 0.3 is 0 Å². The van der Waals surface area contributed by atoms with Crippen LogP contribution in [0.1, 0.15) is 32.8 Å². The molecule has 1 aromatic rings. The van der Waals surface area contributed by atoms with Gasteiger partial charge in [-0.05, 0) is 38.1 Å². The quantitative estimate of drug-likeness (QED) is 0.769. The molecule has 1 atom stereocenters. The van der Waals surface area contributed by atoms with Crippen LogP contribution in [0.2, 0.25) is 0 Å². The van der Waals surface area contributed by atoms with Crippen LogP contribution in [0.5, 0.6) is 5.75 Å². The third-order valence-corrected chi connectivity index (χ3v) is 2.97. The number of ether oxygens (including phenoxy) is 1. The summed E-state index contributed by atoms with van der Waals surface area (Å²) in [4.78, 5) is 11.7. The lowest BCUT2D eigenvalue weighted by atomic mass is 10.2. The van der Waals surface area contributed by atoms with Crippen molar-refractivity contribution in [3.05, 3.63) is 29.6 Å². The van der Waals surface area contributed by atoms with Crippen LogP contribution >= 0.6 is 0 Å². The minimum Gasteiger partial charge on any atom is -0.483 e. The molecule has 0 aliphatic rings. The molecule has 0 heterocycles. The fraction of sp³-hybridized carbons (Fsp3) is 0.533. The Bertz CT molecular complexity index is 438.